The summed E-state index contributed by atoms with van der Waals surface area (Å²) in [6, 6.07) is 0. The van der Waals surface area contributed by atoms with Crippen LogP contribution in [0.2, 0.25) is 0 Å². The molecule has 1 heterocycles. The maximum atomic E-state index is 9.61. The Labute approximate surface area is 46.1 Å². The van der Waals surface area contributed by atoms with E-state index in [4.69, 9.17) is 0 Å². The van der Waals surface area contributed by atoms with E-state index >= 15 is 0 Å². The van der Waals surface area contributed by atoms with Gasteiger partial charge in [0.05, 0.1) is 0 Å². The number of nitrogens with zero attached hydrogens (tertiary/aromatic N) is 1. The molecule has 0 aliphatic heterocycles. The van der Waals surface area contributed by atoms with E-state index < -0.39 is 0 Å². The van der Waals surface area contributed by atoms with E-state index in [1.165, 1.54) is 12.4 Å². The van der Waals surface area contributed by atoms with Crippen LogP contribution in [0.1, 0.15) is 0 Å². The van der Waals surface area contributed by atoms with Gasteiger partial charge in [-0.3, -0.25) is 0 Å². The molecule has 0 radical (unpaired) electrons. The second-order valence-corrected chi connectivity index (χ2v) is 1.15. The Bertz CT molecular complexity index is 162. The topological polar surface area (TPSA) is 55.0 Å². The first-order valence-electron chi connectivity index (χ1n) is 2.02. The molecule has 8 heavy (non-hydrogen) atoms. The molecule has 1 aromatic rings. The molecule has 0 saturated carbocycles. The number of H-pyrrole nitrogens is 1. The first-order valence-corrected chi connectivity index (χ1v) is 2.02. The zero-order valence-corrected chi connectivity index (χ0v) is 4.00. The van der Waals surface area contributed by atoms with E-state index in [9.17, 15) is 4.70 Å². The molecule has 4 nitrogen and oxygen atoms in total. The summed E-state index contributed by atoms with van der Waals surface area (Å²) >= 11 is 0. The molecule has 0 aliphatic rings. The summed E-state index contributed by atoms with van der Waals surface area (Å²) in [5.74, 6) is 0.431. The zero-order chi connectivity index (χ0) is 5.82. The molecule has 40 valence electrons. The van der Waals surface area contributed by atoms with Crippen molar-refractivity contribution in [3.8, 4) is 5.75 Å². The van der Waals surface area contributed by atoms with Crippen LogP contribution in [0.4, 0.5) is 0 Å². The monoisotopic (exact) mass is 110 g/mol. The number of rotatable bonds is 2. The molecule has 0 aromatic carbocycles. The van der Waals surface area contributed by atoms with Crippen molar-refractivity contribution in [3.63, 3.8) is 0 Å². The molecule has 1 aromatic heterocycles. The van der Waals surface area contributed by atoms with Gasteiger partial charge in [0.2, 0.25) is 0 Å². The molecule has 0 amide bonds. The second-order valence-electron chi connectivity index (χ2n) is 1.15. The molecule has 1 rings (SSSR count). The van der Waals surface area contributed by atoms with Crippen LogP contribution in [0.15, 0.2) is 12.4 Å². The summed E-state index contributed by atoms with van der Waals surface area (Å²) in [6.07, 6.45) is 2.89. The van der Waals surface area contributed by atoms with Gasteiger partial charge in [-0.05, 0) is 0 Å². The number of aromatic amines is 1. The number of hydrogen-bond donors (Lipinski definition) is 1. The van der Waals surface area contributed by atoms with Crippen LogP contribution in [0.5, 0.6) is 5.75 Å². The Morgan fingerprint density at radius 1 is 1.88 bits per heavy atom. The molecular formula is C3H3BN2O2. The summed E-state index contributed by atoms with van der Waals surface area (Å²) in [5.41, 5.74) is 0. The Kier molecular flexibility index (Phi) is 1.41. The van der Waals surface area contributed by atoms with Crippen LogP contribution < -0.4 is 4.65 Å². The molecule has 0 unspecified atom stereocenters. The Morgan fingerprint density at radius 3 is 3.25 bits per heavy atom. The average molecular weight is 110 g/mol. The number of nitrogens with one attached hydrogen (secondary N) is 1. The van der Waals surface area contributed by atoms with E-state index in [-0.39, 0.29) is 0 Å². The van der Waals surface area contributed by atoms with Crippen LogP contribution in [0.25, 0.3) is 0 Å². The summed E-state index contributed by atoms with van der Waals surface area (Å²) in [6.45, 7) is 0. The van der Waals surface area contributed by atoms with E-state index in [0.29, 0.717) is 13.1 Å². The Balaban J connectivity index is 2.62. The van der Waals surface area contributed by atoms with Gasteiger partial charge in [0, 0.05) is 0 Å². The minimum absolute atomic E-state index is 0.352. The van der Waals surface area contributed by atoms with Gasteiger partial charge in [-0.1, -0.05) is 0 Å². The van der Waals surface area contributed by atoms with Gasteiger partial charge in [0.15, 0.2) is 0 Å². The van der Waals surface area contributed by atoms with E-state index in [2.05, 4.69) is 14.9 Å². The third-order valence-electron chi connectivity index (χ3n) is 0.657. The van der Waals surface area contributed by atoms with Crippen molar-refractivity contribution in [2.24, 2.45) is 0 Å². The standard InChI is InChI=1S/C3H3BN2O2/c7-4-8-3-1-5-6-2-3/h1-2H,(H,5,6). The summed E-state index contributed by atoms with van der Waals surface area (Å²) in [7, 11) is 0.352. The average Bonchev–Trinajstić information content (AvgIpc) is 2.19. The quantitative estimate of drug-likeness (QED) is 0.534. The molecule has 0 fully saturated rings. The van der Waals surface area contributed by atoms with Crippen molar-refractivity contribution < 1.29 is 9.36 Å². The van der Waals surface area contributed by atoms with Gasteiger partial charge in [0.1, 0.15) is 0 Å². The van der Waals surface area contributed by atoms with Gasteiger partial charge in [-0.25, -0.2) is 0 Å². The molecule has 5 heteroatoms. The molecule has 0 bridgehead atoms. The number of aromatic nitrogens is 2. The van der Waals surface area contributed by atoms with E-state index in [0.717, 1.165) is 0 Å². The van der Waals surface area contributed by atoms with Crippen LogP contribution in [-0.4, -0.2) is 17.6 Å². The molecule has 0 atom stereocenters. The van der Waals surface area contributed by atoms with Gasteiger partial charge in [-0.2, -0.15) is 0 Å². The maximum absolute atomic E-state index is 9.61. The normalized spacial score (nSPS) is 8.00. The van der Waals surface area contributed by atoms with Crippen LogP contribution >= 0.6 is 0 Å². The van der Waals surface area contributed by atoms with Crippen molar-refractivity contribution in [1.29, 1.82) is 0 Å². The number of hydrogen-bond acceptors (Lipinski definition) is 3. The SMILES string of the molecule is O=BOc1cn[nH]c1. The first kappa shape index (κ1) is 5.02. The summed E-state index contributed by atoms with van der Waals surface area (Å²) in [5, 5.41) is 6.01. The fourth-order valence-electron chi connectivity index (χ4n) is 0.359. The predicted octanol–water partition coefficient (Wildman–Crippen LogP) is -0.247. The Hall–Kier alpha value is -1.13. The van der Waals surface area contributed by atoms with Crippen LogP contribution in [0, 0.1) is 0 Å². The molecule has 0 saturated heterocycles. The van der Waals surface area contributed by atoms with Gasteiger partial charge in [-0.15, -0.1) is 0 Å². The molecule has 0 aliphatic carbocycles. The van der Waals surface area contributed by atoms with Crippen LogP contribution in [0.3, 0.4) is 0 Å². The second kappa shape index (κ2) is 2.25. The van der Waals surface area contributed by atoms with Gasteiger partial charge >= 0.3 is 45.1 Å². The zero-order valence-electron chi connectivity index (χ0n) is 4.00. The first-order chi connectivity index (χ1) is 3.93. The van der Waals surface area contributed by atoms with Crippen molar-refractivity contribution in [1.82, 2.24) is 10.2 Å². The van der Waals surface area contributed by atoms with Crippen molar-refractivity contribution >= 4 is 7.35 Å². The van der Waals surface area contributed by atoms with Crippen LogP contribution in [-0.2, 0) is 4.70 Å². The fourth-order valence-corrected chi connectivity index (χ4v) is 0.359. The van der Waals surface area contributed by atoms with E-state index in [1.54, 1.807) is 0 Å². The third kappa shape index (κ3) is 0.929. The predicted molar refractivity (Wildman–Crippen MR) is 25.7 cm³/mol. The van der Waals surface area contributed by atoms with Gasteiger partial charge in [0.25, 0.3) is 0 Å². The summed E-state index contributed by atoms with van der Waals surface area (Å²) in [4.78, 5) is 0. The molecule has 0 spiro atoms. The third-order valence-corrected chi connectivity index (χ3v) is 0.657. The van der Waals surface area contributed by atoms with Gasteiger partial charge < -0.3 is 0 Å². The summed E-state index contributed by atoms with van der Waals surface area (Å²) < 4.78 is 14.0. The Morgan fingerprint density at radius 2 is 2.75 bits per heavy atom. The van der Waals surface area contributed by atoms with E-state index in [1.807, 2.05) is 0 Å². The van der Waals surface area contributed by atoms with Crippen molar-refractivity contribution in [3.05, 3.63) is 12.4 Å². The minimum atomic E-state index is 0.352. The molecule has 1 N–H and O–H groups in total. The fraction of sp³-hybridized carbons (Fsp3) is 0. The molecular weight excluding hydrogens is 107 g/mol. The van der Waals surface area contributed by atoms with Crippen molar-refractivity contribution in [2.75, 3.05) is 0 Å². The van der Waals surface area contributed by atoms with Crippen molar-refractivity contribution in [2.45, 2.75) is 0 Å².